The van der Waals surface area contributed by atoms with Crippen LogP contribution in [-0.4, -0.2) is 57.6 Å². The Bertz CT molecular complexity index is 1030. The second-order valence-corrected chi connectivity index (χ2v) is 9.20. The molecule has 0 saturated carbocycles. The second-order valence-electron chi connectivity index (χ2n) is 7.91. The Morgan fingerprint density at radius 2 is 1.90 bits per heavy atom. The summed E-state index contributed by atoms with van der Waals surface area (Å²) in [6, 6.07) is 12.6. The number of likely N-dealkylation sites (N-methyl/N-ethyl adjacent to an activating group) is 1. The maximum absolute atomic E-state index is 12.8. The number of para-hydroxylation sites is 2. The highest BCUT2D eigenvalue weighted by molar-refractivity contribution is 7.99. The molecule has 9 heteroatoms. The summed E-state index contributed by atoms with van der Waals surface area (Å²) in [6.45, 7) is 1.06. The van der Waals surface area contributed by atoms with Crippen LogP contribution in [0.3, 0.4) is 0 Å². The van der Waals surface area contributed by atoms with Gasteiger partial charge in [-0.1, -0.05) is 36.0 Å². The van der Waals surface area contributed by atoms with E-state index < -0.39 is 11.7 Å². The molecule has 0 spiro atoms. The molecule has 5 nitrogen and oxygen atoms in total. The van der Waals surface area contributed by atoms with E-state index in [1.54, 1.807) is 30.8 Å². The second kappa shape index (κ2) is 8.55. The highest BCUT2D eigenvalue weighted by atomic mass is 32.2. The molecule has 1 aromatic heterocycles. The molecule has 3 aromatic rings. The first kappa shape index (κ1) is 21.7. The van der Waals surface area contributed by atoms with Crippen molar-refractivity contribution in [2.24, 2.45) is 0 Å². The van der Waals surface area contributed by atoms with Crippen molar-refractivity contribution in [3.05, 3.63) is 59.7 Å². The predicted octanol–water partition coefficient (Wildman–Crippen LogP) is 4.41. The summed E-state index contributed by atoms with van der Waals surface area (Å²) < 4.78 is 38.5. The Labute approximate surface area is 182 Å². The van der Waals surface area contributed by atoms with Crippen LogP contribution >= 0.6 is 11.8 Å². The first-order valence-electron chi connectivity index (χ1n) is 9.93. The summed E-state index contributed by atoms with van der Waals surface area (Å²) in [4.78, 5) is 24.3. The van der Waals surface area contributed by atoms with Gasteiger partial charge in [0, 0.05) is 32.4 Å². The van der Waals surface area contributed by atoms with Crippen LogP contribution in [0.1, 0.15) is 17.5 Å². The molecule has 1 saturated heterocycles. The fraction of sp³-hybridized carbons (Fsp3) is 0.364. The maximum Gasteiger partial charge on any atom is 0.416 e. The topological polar surface area (TPSA) is 52.2 Å². The number of carbonyl (C=O) groups excluding carboxylic acids is 1. The molecule has 0 bridgehead atoms. The van der Waals surface area contributed by atoms with Crippen LogP contribution in [-0.2, 0) is 17.5 Å². The van der Waals surface area contributed by atoms with Crippen LogP contribution in [0, 0.1) is 0 Å². The number of likely N-dealkylation sites (tertiary alicyclic amines) is 1. The van der Waals surface area contributed by atoms with Crippen molar-refractivity contribution in [2.45, 2.75) is 35.6 Å². The van der Waals surface area contributed by atoms with Gasteiger partial charge >= 0.3 is 6.18 Å². The molecule has 2 atom stereocenters. The molecule has 4 rings (SSSR count). The van der Waals surface area contributed by atoms with E-state index in [1.165, 1.54) is 12.1 Å². The Morgan fingerprint density at radius 3 is 2.55 bits per heavy atom. The van der Waals surface area contributed by atoms with Crippen molar-refractivity contribution in [1.29, 1.82) is 0 Å². The molecule has 31 heavy (non-hydrogen) atoms. The third-order valence-corrected chi connectivity index (χ3v) is 6.50. The van der Waals surface area contributed by atoms with E-state index in [2.05, 4.69) is 9.97 Å². The largest absolute Gasteiger partial charge is 0.416 e. The molecule has 0 unspecified atom stereocenters. The lowest BCUT2D eigenvalue weighted by molar-refractivity contribution is -0.137. The highest BCUT2D eigenvalue weighted by Crippen LogP contribution is 2.34. The van der Waals surface area contributed by atoms with Gasteiger partial charge in [-0.2, -0.15) is 13.2 Å². The van der Waals surface area contributed by atoms with Gasteiger partial charge in [0.2, 0.25) is 5.91 Å². The quantitative estimate of drug-likeness (QED) is 0.629. The molecule has 2 heterocycles. The lowest BCUT2D eigenvalue weighted by Crippen LogP contribution is -2.42. The SMILES string of the molecule is CN(C)C(=O)[C@@H]1C[C@H](Sc2nc3ccccc3[nH]2)CN1Cc1ccc(C(F)(F)F)cc1. The van der Waals surface area contributed by atoms with Crippen LogP contribution in [0.25, 0.3) is 11.0 Å². The minimum Gasteiger partial charge on any atom is -0.347 e. The van der Waals surface area contributed by atoms with Gasteiger partial charge in [0.1, 0.15) is 0 Å². The molecule has 1 aliphatic rings. The minimum absolute atomic E-state index is 0.000354. The summed E-state index contributed by atoms with van der Waals surface area (Å²) >= 11 is 1.60. The molecular weight excluding hydrogens is 425 g/mol. The summed E-state index contributed by atoms with van der Waals surface area (Å²) in [5, 5.41) is 0.947. The highest BCUT2D eigenvalue weighted by Gasteiger charge is 2.38. The molecule has 1 amide bonds. The number of aromatic nitrogens is 2. The minimum atomic E-state index is -4.36. The first-order chi connectivity index (χ1) is 14.7. The van der Waals surface area contributed by atoms with E-state index in [-0.39, 0.29) is 17.2 Å². The average Bonchev–Trinajstić information content (AvgIpc) is 3.30. The molecule has 1 aliphatic heterocycles. The summed E-state index contributed by atoms with van der Waals surface area (Å²) in [5.41, 5.74) is 1.94. The van der Waals surface area contributed by atoms with Gasteiger partial charge in [-0.25, -0.2) is 4.98 Å². The number of benzene rings is 2. The monoisotopic (exact) mass is 448 g/mol. The zero-order chi connectivity index (χ0) is 22.2. The van der Waals surface area contributed by atoms with Gasteiger partial charge in [-0.3, -0.25) is 9.69 Å². The zero-order valence-electron chi connectivity index (χ0n) is 17.2. The van der Waals surface area contributed by atoms with E-state index in [1.807, 2.05) is 29.2 Å². The van der Waals surface area contributed by atoms with Crippen LogP contribution in [0.4, 0.5) is 13.2 Å². The zero-order valence-corrected chi connectivity index (χ0v) is 18.0. The van der Waals surface area contributed by atoms with Gasteiger partial charge in [-0.05, 0) is 36.2 Å². The molecular formula is C22H23F3N4OS. The number of imidazole rings is 1. The van der Waals surface area contributed by atoms with E-state index in [0.717, 1.165) is 33.9 Å². The van der Waals surface area contributed by atoms with Gasteiger partial charge in [0.15, 0.2) is 5.16 Å². The number of fused-ring (bicyclic) bond motifs is 1. The van der Waals surface area contributed by atoms with Gasteiger partial charge in [-0.15, -0.1) is 0 Å². The Balaban J connectivity index is 1.50. The number of carbonyl (C=O) groups is 1. The van der Waals surface area contributed by atoms with Gasteiger partial charge in [0.25, 0.3) is 0 Å². The lowest BCUT2D eigenvalue weighted by Gasteiger charge is -2.26. The van der Waals surface area contributed by atoms with Crippen molar-refractivity contribution in [3.63, 3.8) is 0 Å². The third kappa shape index (κ3) is 4.88. The lowest BCUT2D eigenvalue weighted by atomic mass is 10.1. The van der Waals surface area contributed by atoms with Crippen LogP contribution < -0.4 is 0 Å². The number of hydrogen-bond donors (Lipinski definition) is 1. The van der Waals surface area contributed by atoms with Gasteiger partial charge in [0.05, 0.1) is 22.6 Å². The summed E-state index contributed by atoms with van der Waals surface area (Å²) in [7, 11) is 3.44. The number of nitrogens with one attached hydrogen (secondary N) is 1. The number of amides is 1. The Kier molecular flexibility index (Phi) is 5.98. The number of hydrogen-bond acceptors (Lipinski definition) is 4. The number of H-pyrrole nitrogens is 1. The molecule has 0 aliphatic carbocycles. The molecule has 164 valence electrons. The van der Waals surface area contributed by atoms with Crippen LogP contribution in [0.2, 0.25) is 0 Å². The van der Waals surface area contributed by atoms with Crippen molar-refractivity contribution in [1.82, 2.24) is 19.8 Å². The fourth-order valence-electron chi connectivity index (χ4n) is 3.85. The molecule has 1 N–H and O–H groups in total. The number of aromatic amines is 1. The van der Waals surface area contributed by atoms with Crippen LogP contribution in [0.5, 0.6) is 0 Å². The normalized spacial score (nSPS) is 19.8. The number of nitrogens with zero attached hydrogens (tertiary/aromatic N) is 3. The van der Waals surface area contributed by atoms with Crippen molar-refractivity contribution < 1.29 is 18.0 Å². The fourth-order valence-corrected chi connectivity index (χ4v) is 5.03. The summed E-state index contributed by atoms with van der Waals surface area (Å²) in [6.07, 6.45) is -3.71. The number of alkyl halides is 3. The number of rotatable bonds is 5. The number of thioether (sulfide) groups is 1. The van der Waals surface area contributed by atoms with E-state index in [4.69, 9.17) is 0 Å². The van der Waals surface area contributed by atoms with Crippen molar-refractivity contribution >= 4 is 28.7 Å². The molecule has 1 fully saturated rings. The van der Waals surface area contributed by atoms with E-state index in [9.17, 15) is 18.0 Å². The maximum atomic E-state index is 12.8. The molecule has 0 radical (unpaired) electrons. The average molecular weight is 449 g/mol. The van der Waals surface area contributed by atoms with Gasteiger partial charge < -0.3 is 9.88 Å². The third-order valence-electron chi connectivity index (χ3n) is 5.40. The van der Waals surface area contributed by atoms with Crippen molar-refractivity contribution in [3.8, 4) is 0 Å². The Hall–Kier alpha value is -2.52. The van der Waals surface area contributed by atoms with E-state index in [0.29, 0.717) is 19.5 Å². The number of halogens is 3. The smallest absolute Gasteiger partial charge is 0.347 e. The molecule has 2 aromatic carbocycles. The predicted molar refractivity (Wildman–Crippen MR) is 115 cm³/mol. The Morgan fingerprint density at radius 1 is 1.19 bits per heavy atom. The van der Waals surface area contributed by atoms with E-state index >= 15 is 0 Å². The first-order valence-corrected chi connectivity index (χ1v) is 10.8. The summed E-state index contributed by atoms with van der Waals surface area (Å²) in [5.74, 6) is -0.000354. The van der Waals surface area contributed by atoms with Crippen LogP contribution in [0.15, 0.2) is 53.7 Å². The standard InChI is InChI=1S/C22H23F3N4OS/c1-28(2)20(30)19-11-16(31-21-26-17-5-3-4-6-18(17)27-21)13-29(19)12-14-7-9-15(10-8-14)22(23,24)25/h3-10,16,19H,11-13H2,1-2H3,(H,26,27)/t16-,19-/m0/s1. The van der Waals surface area contributed by atoms with Crippen molar-refractivity contribution in [2.75, 3.05) is 20.6 Å².